The van der Waals surface area contributed by atoms with E-state index in [0.717, 1.165) is 0 Å². The highest BCUT2D eigenvalue weighted by atomic mass is 16.6. The third-order valence-corrected chi connectivity index (χ3v) is 5.13. The summed E-state index contributed by atoms with van der Waals surface area (Å²) in [5, 5.41) is 14.4. The fraction of sp³-hybridized carbons (Fsp3) is 0.0909. The first-order chi connectivity index (χ1) is 13.5. The number of carbonyl (C=O) groups is 2. The van der Waals surface area contributed by atoms with Crippen molar-refractivity contribution in [1.82, 2.24) is 0 Å². The second-order valence-corrected chi connectivity index (χ2v) is 6.65. The summed E-state index contributed by atoms with van der Waals surface area (Å²) < 4.78 is 0. The van der Waals surface area contributed by atoms with E-state index < -0.39 is 10.5 Å². The first kappa shape index (κ1) is 17.6. The minimum Gasteiger partial charge on any atom is -0.362 e. The molecule has 0 saturated heterocycles. The van der Waals surface area contributed by atoms with Crippen LogP contribution in [0.5, 0.6) is 0 Å². The number of rotatable bonds is 4. The van der Waals surface area contributed by atoms with Crippen LogP contribution in [0.3, 0.4) is 0 Å². The molecule has 3 aromatic rings. The molecule has 6 nitrogen and oxygen atoms in total. The van der Waals surface area contributed by atoms with Gasteiger partial charge in [0.25, 0.3) is 5.69 Å². The predicted molar refractivity (Wildman–Crippen MR) is 105 cm³/mol. The molecule has 0 bridgehead atoms. The van der Waals surface area contributed by atoms with E-state index in [4.69, 9.17) is 0 Å². The van der Waals surface area contributed by atoms with E-state index in [9.17, 15) is 19.7 Å². The maximum atomic E-state index is 13.4. The van der Waals surface area contributed by atoms with Crippen molar-refractivity contribution in [3.05, 3.63) is 105 Å². The lowest BCUT2D eigenvalue weighted by molar-refractivity contribution is -0.385. The van der Waals surface area contributed by atoms with Crippen LogP contribution in [0.25, 0.3) is 0 Å². The molecule has 0 aliphatic heterocycles. The number of hydrogen-bond acceptors (Lipinski definition) is 5. The Morgan fingerprint density at radius 2 is 1.39 bits per heavy atom. The van der Waals surface area contributed by atoms with Crippen molar-refractivity contribution in [2.24, 2.45) is 0 Å². The summed E-state index contributed by atoms with van der Waals surface area (Å²) in [5.74, 6) is -0.740. The molecular formula is C22H16N2O4. The van der Waals surface area contributed by atoms with Gasteiger partial charge in [0.15, 0.2) is 5.54 Å². The monoisotopic (exact) mass is 372 g/mol. The zero-order valence-corrected chi connectivity index (χ0v) is 15.0. The Kier molecular flexibility index (Phi) is 4.04. The van der Waals surface area contributed by atoms with Gasteiger partial charge in [-0.05, 0) is 18.6 Å². The van der Waals surface area contributed by atoms with Crippen molar-refractivity contribution >= 4 is 22.9 Å². The lowest BCUT2D eigenvalue weighted by atomic mass is 9.84. The molecule has 0 heterocycles. The summed E-state index contributed by atoms with van der Waals surface area (Å²) in [4.78, 5) is 37.7. The van der Waals surface area contributed by atoms with Crippen molar-refractivity contribution < 1.29 is 14.5 Å². The summed E-state index contributed by atoms with van der Waals surface area (Å²) in [6.07, 6.45) is 0. The van der Waals surface area contributed by atoms with E-state index in [1.165, 1.54) is 12.1 Å². The van der Waals surface area contributed by atoms with Crippen LogP contribution >= 0.6 is 0 Å². The van der Waals surface area contributed by atoms with E-state index in [1.807, 2.05) is 0 Å². The lowest BCUT2D eigenvalue weighted by Crippen LogP contribution is -2.46. The van der Waals surface area contributed by atoms with Gasteiger partial charge < -0.3 is 5.32 Å². The molecule has 3 aromatic carbocycles. The first-order valence-corrected chi connectivity index (χ1v) is 8.73. The molecule has 0 fully saturated rings. The molecule has 0 saturated carbocycles. The van der Waals surface area contributed by atoms with Crippen molar-refractivity contribution in [1.29, 1.82) is 0 Å². The number of hydrogen-bond donors (Lipinski definition) is 1. The van der Waals surface area contributed by atoms with Gasteiger partial charge in [0.05, 0.1) is 4.92 Å². The Labute approximate surface area is 161 Å². The molecule has 0 unspecified atom stereocenters. The van der Waals surface area contributed by atoms with Crippen molar-refractivity contribution in [3.63, 3.8) is 0 Å². The molecule has 138 valence electrons. The second-order valence-electron chi connectivity index (χ2n) is 6.65. The zero-order valence-electron chi connectivity index (χ0n) is 15.0. The fourth-order valence-electron chi connectivity index (χ4n) is 3.68. The molecule has 1 aliphatic carbocycles. The van der Waals surface area contributed by atoms with Crippen LogP contribution in [-0.4, -0.2) is 16.5 Å². The van der Waals surface area contributed by atoms with Crippen molar-refractivity contribution in [2.45, 2.75) is 12.5 Å². The number of fused-ring (bicyclic) bond motifs is 1. The largest absolute Gasteiger partial charge is 0.362 e. The molecule has 1 aliphatic rings. The first-order valence-electron chi connectivity index (χ1n) is 8.73. The molecule has 28 heavy (non-hydrogen) atoms. The molecule has 0 radical (unpaired) electrons. The highest BCUT2D eigenvalue weighted by Gasteiger charge is 2.54. The van der Waals surface area contributed by atoms with Crippen LogP contribution in [0.1, 0.15) is 31.8 Å². The van der Waals surface area contributed by atoms with Crippen LogP contribution in [0.15, 0.2) is 72.8 Å². The fourth-order valence-corrected chi connectivity index (χ4v) is 3.68. The summed E-state index contributed by atoms with van der Waals surface area (Å²) in [7, 11) is 0. The molecule has 1 N–H and O–H groups in total. The Morgan fingerprint density at radius 1 is 0.821 bits per heavy atom. The van der Waals surface area contributed by atoms with Gasteiger partial charge in [0, 0.05) is 28.4 Å². The number of nitro benzene ring substituents is 1. The molecule has 0 spiro atoms. The SMILES string of the molecule is Cc1c(NC2(c3ccccc3)C(=O)c3ccccc3C2=O)cccc1[N+](=O)[O-]. The number of nitrogens with zero attached hydrogens (tertiary/aromatic N) is 1. The van der Waals surface area contributed by atoms with Gasteiger partial charge in [-0.15, -0.1) is 0 Å². The van der Waals surface area contributed by atoms with Gasteiger partial charge in [-0.25, -0.2) is 0 Å². The quantitative estimate of drug-likeness (QED) is 0.419. The van der Waals surface area contributed by atoms with Crippen LogP contribution in [0.2, 0.25) is 0 Å². The van der Waals surface area contributed by atoms with Gasteiger partial charge >= 0.3 is 0 Å². The average Bonchev–Trinajstić information content (AvgIpc) is 2.93. The predicted octanol–water partition coefficient (Wildman–Crippen LogP) is 4.29. The van der Waals surface area contributed by atoms with E-state index in [-0.39, 0.29) is 17.3 Å². The number of nitro groups is 1. The standard InChI is InChI=1S/C22H16N2O4/c1-14-18(12-7-13-19(14)24(27)28)23-22(15-8-3-2-4-9-15)20(25)16-10-5-6-11-17(16)21(22)26/h2-13,23H,1H3. The van der Waals surface area contributed by atoms with Crippen LogP contribution in [0.4, 0.5) is 11.4 Å². The zero-order chi connectivity index (χ0) is 19.9. The smallest absolute Gasteiger partial charge is 0.274 e. The number of Topliss-reactive ketones (excluding diaryl/α,β-unsaturated/α-hetero) is 2. The number of carbonyl (C=O) groups excluding carboxylic acids is 2. The number of benzene rings is 3. The number of anilines is 1. The summed E-state index contributed by atoms with van der Waals surface area (Å²) in [6.45, 7) is 1.59. The number of ketones is 2. The van der Waals surface area contributed by atoms with Crippen molar-refractivity contribution in [3.8, 4) is 0 Å². The highest BCUT2D eigenvalue weighted by molar-refractivity contribution is 6.34. The van der Waals surface area contributed by atoms with E-state index in [0.29, 0.717) is 27.9 Å². The van der Waals surface area contributed by atoms with Crippen LogP contribution < -0.4 is 5.32 Å². The molecule has 0 atom stereocenters. The minimum atomic E-state index is -1.66. The molecular weight excluding hydrogens is 356 g/mol. The Bertz CT molecular complexity index is 1090. The summed E-state index contributed by atoms with van der Waals surface area (Å²) >= 11 is 0. The molecule has 0 amide bonds. The van der Waals surface area contributed by atoms with E-state index in [2.05, 4.69) is 5.32 Å². The summed E-state index contributed by atoms with van der Waals surface area (Å²) in [5.41, 5.74) is 0.159. The van der Waals surface area contributed by atoms with E-state index >= 15 is 0 Å². The normalized spacial score (nSPS) is 14.6. The van der Waals surface area contributed by atoms with Gasteiger partial charge in [0.2, 0.25) is 11.6 Å². The molecule has 4 rings (SSSR count). The third-order valence-electron chi connectivity index (χ3n) is 5.13. The lowest BCUT2D eigenvalue weighted by Gasteiger charge is -2.29. The third kappa shape index (κ3) is 2.42. The summed E-state index contributed by atoms with van der Waals surface area (Å²) in [6, 6.07) is 20.0. The van der Waals surface area contributed by atoms with Gasteiger partial charge in [-0.1, -0.05) is 60.7 Å². The number of nitrogens with one attached hydrogen (secondary N) is 1. The van der Waals surface area contributed by atoms with Gasteiger partial charge in [-0.3, -0.25) is 19.7 Å². The minimum absolute atomic E-state index is 0.0800. The topological polar surface area (TPSA) is 89.3 Å². The Hall–Kier alpha value is -3.80. The maximum Gasteiger partial charge on any atom is 0.274 e. The Balaban J connectivity index is 1.94. The second kappa shape index (κ2) is 6.42. The average molecular weight is 372 g/mol. The molecule has 6 heteroatoms. The van der Waals surface area contributed by atoms with Crippen molar-refractivity contribution in [2.75, 3.05) is 5.32 Å². The van der Waals surface area contributed by atoms with Crippen LogP contribution in [-0.2, 0) is 5.54 Å². The van der Waals surface area contributed by atoms with Gasteiger partial charge in [-0.2, -0.15) is 0 Å². The highest BCUT2D eigenvalue weighted by Crippen LogP contribution is 2.41. The Morgan fingerprint density at radius 3 is 1.96 bits per heavy atom. The van der Waals surface area contributed by atoms with Crippen LogP contribution in [0, 0.1) is 17.0 Å². The molecule has 0 aromatic heterocycles. The van der Waals surface area contributed by atoms with Gasteiger partial charge in [0.1, 0.15) is 0 Å². The van der Waals surface area contributed by atoms with E-state index in [1.54, 1.807) is 67.6 Å². The maximum absolute atomic E-state index is 13.4.